The summed E-state index contributed by atoms with van der Waals surface area (Å²) in [6, 6.07) is 23.2. The van der Waals surface area contributed by atoms with Crippen LogP contribution < -0.4 is 9.47 Å². The molecule has 170 valence electrons. The number of ether oxygens (including phenoxy) is 2. The lowest BCUT2D eigenvalue weighted by molar-refractivity contribution is 0.310. The molecule has 4 aromatic rings. The lowest BCUT2D eigenvalue weighted by Gasteiger charge is -2.16. The van der Waals surface area contributed by atoms with E-state index in [2.05, 4.69) is 6.92 Å². The number of hydrogen-bond donors (Lipinski definition) is 1. The van der Waals surface area contributed by atoms with E-state index < -0.39 is 9.84 Å². The summed E-state index contributed by atoms with van der Waals surface area (Å²) >= 11 is 0. The van der Waals surface area contributed by atoms with E-state index in [9.17, 15) is 13.5 Å². The van der Waals surface area contributed by atoms with Gasteiger partial charge in [-0.05, 0) is 78.0 Å². The van der Waals surface area contributed by atoms with Crippen LogP contribution in [0.15, 0.2) is 83.8 Å². The lowest BCUT2D eigenvalue weighted by atomic mass is 9.99. The first kappa shape index (κ1) is 22.7. The Morgan fingerprint density at radius 3 is 2.21 bits per heavy atom. The zero-order valence-electron chi connectivity index (χ0n) is 18.6. The first-order chi connectivity index (χ1) is 15.8. The van der Waals surface area contributed by atoms with E-state index in [1.807, 2.05) is 30.3 Å². The van der Waals surface area contributed by atoms with Gasteiger partial charge in [0.15, 0.2) is 9.84 Å². The molecule has 1 N–H and O–H groups in total. The van der Waals surface area contributed by atoms with Crippen molar-refractivity contribution in [2.24, 2.45) is 0 Å². The summed E-state index contributed by atoms with van der Waals surface area (Å²) in [6.07, 6.45) is 3.26. The van der Waals surface area contributed by atoms with E-state index in [0.717, 1.165) is 40.5 Å². The van der Waals surface area contributed by atoms with Gasteiger partial charge in [0.2, 0.25) is 0 Å². The third kappa shape index (κ3) is 5.29. The molecule has 0 saturated heterocycles. The van der Waals surface area contributed by atoms with Crippen LogP contribution >= 0.6 is 0 Å². The topological polar surface area (TPSA) is 72.8 Å². The second-order valence-electron chi connectivity index (χ2n) is 7.92. The number of benzene rings is 4. The number of phenols is 1. The highest BCUT2D eigenvalue weighted by Gasteiger charge is 2.15. The third-order valence-electron chi connectivity index (χ3n) is 5.36. The quantitative estimate of drug-likeness (QED) is 0.299. The summed E-state index contributed by atoms with van der Waals surface area (Å²) < 4.78 is 35.9. The standard InChI is InChI=1S/C27H26O5S/c1-3-4-17-31-23-12-16-26-20(18-23)7-15-25(19-5-13-24(14-6-19)33(2,29)30)27(26)32-22-10-8-21(28)9-11-22/h5-16,18,28H,3-4,17H2,1-2H3. The van der Waals surface area contributed by atoms with Crippen LogP contribution in [0.25, 0.3) is 21.9 Å². The number of sulfone groups is 1. The van der Waals surface area contributed by atoms with Gasteiger partial charge >= 0.3 is 0 Å². The maximum atomic E-state index is 11.9. The van der Waals surface area contributed by atoms with E-state index in [0.29, 0.717) is 18.1 Å². The van der Waals surface area contributed by atoms with E-state index in [1.54, 1.807) is 48.5 Å². The Morgan fingerprint density at radius 2 is 1.55 bits per heavy atom. The SMILES string of the molecule is CCCCOc1ccc2c(Oc3ccc(O)cc3)c(-c3ccc(S(C)(=O)=O)cc3)ccc2c1. The highest BCUT2D eigenvalue weighted by Crippen LogP contribution is 2.41. The Labute approximate surface area is 194 Å². The third-order valence-corrected chi connectivity index (χ3v) is 6.49. The molecule has 0 heterocycles. The van der Waals surface area contributed by atoms with Crippen LogP contribution in [0.4, 0.5) is 0 Å². The smallest absolute Gasteiger partial charge is 0.175 e. The molecule has 0 fully saturated rings. The van der Waals surface area contributed by atoms with Crippen molar-refractivity contribution in [3.63, 3.8) is 0 Å². The second kappa shape index (κ2) is 9.55. The van der Waals surface area contributed by atoms with Crippen LogP contribution in [0, 0.1) is 0 Å². The van der Waals surface area contributed by atoms with Gasteiger partial charge in [0.25, 0.3) is 0 Å². The maximum Gasteiger partial charge on any atom is 0.175 e. The van der Waals surface area contributed by atoms with E-state index in [1.165, 1.54) is 6.26 Å². The molecule has 0 aliphatic heterocycles. The van der Waals surface area contributed by atoms with Gasteiger partial charge in [-0.25, -0.2) is 8.42 Å². The molecule has 0 radical (unpaired) electrons. The summed E-state index contributed by atoms with van der Waals surface area (Å²) in [6.45, 7) is 2.80. The molecule has 4 rings (SSSR count). The number of unbranched alkanes of at least 4 members (excludes halogenated alkanes) is 1. The van der Waals surface area contributed by atoms with Crippen molar-refractivity contribution < 1.29 is 23.0 Å². The van der Waals surface area contributed by atoms with Gasteiger partial charge < -0.3 is 14.6 Å². The molecule has 0 atom stereocenters. The summed E-state index contributed by atoms with van der Waals surface area (Å²) in [5, 5.41) is 11.5. The van der Waals surface area contributed by atoms with Gasteiger partial charge in [0.1, 0.15) is 23.0 Å². The van der Waals surface area contributed by atoms with Crippen molar-refractivity contribution in [3.8, 4) is 34.1 Å². The molecule has 6 heteroatoms. The first-order valence-electron chi connectivity index (χ1n) is 10.8. The van der Waals surface area contributed by atoms with Crippen molar-refractivity contribution in [2.45, 2.75) is 24.7 Å². The van der Waals surface area contributed by atoms with E-state index >= 15 is 0 Å². The summed E-state index contributed by atoms with van der Waals surface area (Å²) in [4.78, 5) is 0.266. The Hall–Kier alpha value is -3.51. The molecule has 0 aliphatic carbocycles. The molecule has 4 aromatic carbocycles. The van der Waals surface area contributed by atoms with Gasteiger partial charge in [-0.2, -0.15) is 0 Å². The van der Waals surface area contributed by atoms with E-state index in [-0.39, 0.29) is 10.6 Å². The van der Waals surface area contributed by atoms with Crippen LogP contribution in [0.2, 0.25) is 0 Å². The van der Waals surface area contributed by atoms with Crippen molar-refractivity contribution in [1.82, 2.24) is 0 Å². The molecule has 0 bridgehead atoms. The Balaban J connectivity index is 1.80. The molecule has 0 unspecified atom stereocenters. The number of fused-ring (bicyclic) bond motifs is 1. The number of rotatable bonds is 8. The van der Waals surface area contributed by atoms with Crippen LogP contribution in [0.3, 0.4) is 0 Å². The minimum Gasteiger partial charge on any atom is -0.508 e. The average Bonchev–Trinajstić information content (AvgIpc) is 2.80. The average molecular weight is 463 g/mol. The number of aromatic hydroxyl groups is 1. The summed E-state index contributed by atoms with van der Waals surface area (Å²) in [5.74, 6) is 2.19. The second-order valence-corrected chi connectivity index (χ2v) is 9.94. The number of hydrogen-bond acceptors (Lipinski definition) is 5. The minimum absolute atomic E-state index is 0.158. The van der Waals surface area contributed by atoms with Crippen LogP contribution in [0.5, 0.6) is 23.0 Å². The van der Waals surface area contributed by atoms with Gasteiger partial charge in [-0.1, -0.05) is 31.5 Å². The fraction of sp³-hybridized carbons (Fsp3) is 0.185. The normalized spacial score (nSPS) is 11.5. The summed E-state index contributed by atoms with van der Waals surface area (Å²) in [5.41, 5.74) is 1.66. The monoisotopic (exact) mass is 462 g/mol. The molecule has 5 nitrogen and oxygen atoms in total. The Morgan fingerprint density at radius 1 is 0.848 bits per heavy atom. The minimum atomic E-state index is -3.28. The molecular formula is C27H26O5S. The highest BCUT2D eigenvalue weighted by molar-refractivity contribution is 7.90. The van der Waals surface area contributed by atoms with Crippen LogP contribution in [-0.2, 0) is 9.84 Å². The lowest BCUT2D eigenvalue weighted by Crippen LogP contribution is -1.97. The van der Waals surface area contributed by atoms with Crippen molar-refractivity contribution >= 4 is 20.6 Å². The molecule has 0 aliphatic rings. The maximum absolute atomic E-state index is 11.9. The van der Waals surface area contributed by atoms with Crippen molar-refractivity contribution in [1.29, 1.82) is 0 Å². The van der Waals surface area contributed by atoms with Crippen LogP contribution in [-0.4, -0.2) is 26.4 Å². The fourth-order valence-electron chi connectivity index (χ4n) is 3.55. The van der Waals surface area contributed by atoms with Gasteiger partial charge in [-0.3, -0.25) is 0 Å². The van der Waals surface area contributed by atoms with Crippen molar-refractivity contribution in [3.05, 3.63) is 78.9 Å². The fourth-order valence-corrected chi connectivity index (χ4v) is 4.18. The Bertz CT molecular complexity index is 1360. The first-order valence-corrected chi connectivity index (χ1v) is 12.7. The molecular weight excluding hydrogens is 436 g/mol. The highest BCUT2D eigenvalue weighted by atomic mass is 32.2. The van der Waals surface area contributed by atoms with Gasteiger partial charge in [-0.15, -0.1) is 0 Å². The molecule has 0 saturated carbocycles. The molecule has 0 spiro atoms. The van der Waals surface area contributed by atoms with Gasteiger partial charge in [0, 0.05) is 17.2 Å². The molecule has 0 amide bonds. The zero-order valence-corrected chi connectivity index (χ0v) is 19.4. The van der Waals surface area contributed by atoms with Crippen LogP contribution in [0.1, 0.15) is 19.8 Å². The number of phenolic OH excluding ortho intramolecular Hbond substituents is 1. The van der Waals surface area contributed by atoms with E-state index in [4.69, 9.17) is 9.47 Å². The predicted octanol–water partition coefficient (Wildman–Crippen LogP) is 6.59. The van der Waals surface area contributed by atoms with Crippen molar-refractivity contribution in [2.75, 3.05) is 12.9 Å². The van der Waals surface area contributed by atoms with Gasteiger partial charge in [0.05, 0.1) is 11.5 Å². The summed E-state index contributed by atoms with van der Waals surface area (Å²) in [7, 11) is -3.28. The Kier molecular flexibility index (Phi) is 6.56. The zero-order chi connectivity index (χ0) is 23.4. The molecule has 0 aromatic heterocycles. The molecule has 33 heavy (non-hydrogen) atoms. The predicted molar refractivity (Wildman–Crippen MR) is 131 cm³/mol. The largest absolute Gasteiger partial charge is 0.508 e.